The Bertz CT molecular complexity index is 301. The van der Waals surface area contributed by atoms with E-state index < -0.39 is 0 Å². The standard InChI is InChI=1S/C13H22N2O/c1-11-6-7-13(16-11)10-14-9-12-5-3-2-4-8-15-12/h6-7,12,14-15H,2-5,8-10H2,1H3. The molecule has 0 aromatic carbocycles. The van der Waals surface area contributed by atoms with Gasteiger partial charge in [-0.1, -0.05) is 12.8 Å². The Morgan fingerprint density at radius 1 is 1.38 bits per heavy atom. The minimum absolute atomic E-state index is 0.638. The van der Waals surface area contributed by atoms with Crippen LogP contribution in [0.3, 0.4) is 0 Å². The summed E-state index contributed by atoms with van der Waals surface area (Å²) in [5.41, 5.74) is 0. The second-order valence-corrected chi connectivity index (χ2v) is 4.64. The fourth-order valence-electron chi connectivity index (χ4n) is 2.22. The molecule has 2 heterocycles. The molecule has 2 rings (SSSR count). The maximum Gasteiger partial charge on any atom is 0.117 e. The number of furan rings is 1. The SMILES string of the molecule is Cc1ccc(CNCC2CCCCCN2)o1. The highest BCUT2D eigenvalue weighted by Gasteiger charge is 2.10. The van der Waals surface area contributed by atoms with Gasteiger partial charge in [0.25, 0.3) is 0 Å². The molecule has 1 aliphatic heterocycles. The second kappa shape index (κ2) is 6.06. The third-order valence-electron chi connectivity index (χ3n) is 3.15. The van der Waals surface area contributed by atoms with Gasteiger partial charge in [-0.25, -0.2) is 0 Å². The normalized spacial score (nSPS) is 21.9. The molecule has 0 bridgehead atoms. The average Bonchev–Trinajstić information content (AvgIpc) is 2.54. The lowest BCUT2D eigenvalue weighted by atomic mass is 10.1. The van der Waals surface area contributed by atoms with Gasteiger partial charge in [-0.05, 0) is 38.4 Å². The van der Waals surface area contributed by atoms with Gasteiger partial charge >= 0.3 is 0 Å². The zero-order valence-corrected chi connectivity index (χ0v) is 10.1. The van der Waals surface area contributed by atoms with Crippen LogP contribution in [0, 0.1) is 6.92 Å². The monoisotopic (exact) mass is 222 g/mol. The van der Waals surface area contributed by atoms with E-state index in [1.807, 2.05) is 19.1 Å². The molecule has 3 heteroatoms. The van der Waals surface area contributed by atoms with Crippen molar-refractivity contribution in [2.45, 2.75) is 45.2 Å². The first-order chi connectivity index (χ1) is 7.84. The highest BCUT2D eigenvalue weighted by molar-refractivity contribution is 5.05. The zero-order valence-electron chi connectivity index (χ0n) is 10.1. The summed E-state index contributed by atoms with van der Waals surface area (Å²) in [6.45, 7) is 5.04. The van der Waals surface area contributed by atoms with Gasteiger partial charge in [0.05, 0.1) is 6.54 Å². The van der Waals surface area contributed by atoms with Crippen LogP contribution in [0.2, 0.25) is 0 Å². The van der Waals surface area contributed by atoms with Crippen molar-refractivity contribution < 1.29 is 4.42 Å². The molecule has 90 valence electrons. The highest BCUT2D eigenvalue weighted by Crippen LogP contribution is 2.08. The molecule has 0 spiro atoms. The van der Waals surface area contributed by atoms with Gasteiger partial charge in [-0.2, -0.15) is 0 Å². The van der Waals surface area contributed by atoms with Crippen LogP contribution in [-0.4, -0.2) is 19.1 Å². The van der Waals surface area contributed by atoms with Crippen LogP contribution in [0.5, 0.6) is 0 Å². The molecule has 3 nitrogen and oxygen atoms in total. The van der Waals surface area contributed by atoms with Crippen LogP contribution >= 0.6 is 0 Å². The molecular formula is C13H22N2O. The van der Waals surface area contributed by atoms with Gasteiger partial charge in [-0.3, -0.25) is 0 Å². The molecule has 16 heavy (non-hydrogen) atoms. The lowest BCUT2D eigenvalue weighted by molar-refractivity contribution is 0.429. The van der Waals surface area contributed by atoms with E-state index in [0.717, 1.165) is 24.6 Å². The largest absolute Gasteiger partial charge is 0.465 e. The van der Waals surface area contributed by atoms with Crippen LogP contribution in [0.1, 0.15) is 37.2 Å². The minimum Gasteiger partial charge on any atom is -0.465 e. The molecule has 1 aromatic rings. The molecule has 0 amide bonds. The summed E-state index contributed by atoms with van der Waals surface area (Å²) in [7, 11) is 0. The number of nitrogens with one attached hydrogen (secondary N) is 2. The van der Waals surface area contributed by atoms with Gasteiger partial charge in [0.1, 0.15) is 11.5 Å². The van der Waals surface area contributed by atoms with Crippen molar-refractivity contribution in [3.8, 4) is 0 Å². The first-order valence-corrected chi connectivity index (χ1v) is 6.34. The summed E-state index contributed by atoms with van der Waals surface area (Å²) in [6, 6.07) is 4.70. The molecule has 1 aliphatic rings. The third kappa shape index (κ3) is 3.65. The van der Waals surface area contributed by atoms with Gasteiger partial charge in [-0.15, -0.1) is 0 Å². The van der Waals surface area contributed by atoms with Crippen molar-refractivity contribution in [3.05, 3.63) is 23.7 Å². The molecule has 1 unspecified atom stereocenters. The Balaban J connectivity index is 1.67. The Labute approximate surface area is 97.6 Å². The van der Waals surface area contributed by atoms with Crippen molar-refractivity contribution >= 4 is 0 Å². The van der Waals surface area contributed by atoms with Crippen LogP contribution in [-0.2, 0) is 6.54 Å². The Hall–Kier alpha value is -0.800. The van der Waals surface area contributed by atoms with E-state index in [1.165, 1.54) is 32.2 Å². The Morgan fingerprint density at radius 3 is 3.12 bits per heavy atom. The Kier molecular flexibility index (Phi) is 4.43. The molecule has 0 aliphatic carbocycles. The number of hydrogen-bond acceptors (Lipinski definition) is 3. The van der Waals surface area contributed by atoms with E-state index >= 15 is 0 Å². The molecular weight excluding hydrogens is 200 g/mol. The minimum atomic E-state index is 0.638. The molecule has 0 radical (unpaired) electrons. The van der Waals surface area contributed by atoms with E-state index in [2.05, 4.69) is 10.6 Å². The van der Waals surface area contributed by atoms with Crippen LogP contribution in [0.4, 0.5) is 0 Å². The highest BCUT2D eigenvalue weighted by atomic mass is 16.3. The molecule has 0 saturated carbocycles. The van der Waals surface area contributed by atoms with E-state index in [-0.39, 0.29) is 0 Å². The molecule has 1 atom stereocenters. The number of hydrogen-bond donors (Lipinski definition) is 2. The van der Waals surface area contributed by atoms with Crippen molar-refractivity contribution in [2.24, 2.45) is 0 Å². The summed E-state index contributed by atoms with van der Waals surface area (Å²) >= 11 is 0. The van der Waals surface area contributed by atoms with E-state index in [4.69, 9.17) is 4.42 Å². The first kappa shape index (κ1) is 11.7. The average molecular weight is 222 g/mol. The zero-order chi connectivity index (χ0) is 11.2. The fraction of sp³-hybridized carbons (Fsp3) is 0.692. The van der Waals surface area contributed by atoms with Crippen LogP contribution in [0.25, 0.3) is 0 Å². The summed E-state index contributed by atoms with van der Waals surface area (Å²) in [5.74, 6) is 2.02. The second-order valence-electron chi connectivity index (χ2n) is 4.64. The quantitative estimate of drug-likeness (QED) is 0.820. The van der Waals surface area contributed by atoms with Crippen LogP contribution in [0.15, 0.2) is 16.5 Å². The van der Waals surface area contributed by atoms with Gasteiger partial charge in [0, 0.05) is 12.6 Å². The van der Waals surface area contributed by atoms with Crippen molar-refractivity contribution in [2.75, 3.05) is 13.1 Å². The maximum absolute atomic E-state index is 5.51. The summed E-state index contributed by atoms with van der Waals surface area (Å²) in [4.78, 5) is 0. The predicted molar refractivity (Wildman–Crippen MR) is 65.4 cm³/mol. The number of rotatable bonds is 4. The van der Waals surface area contributed by atoms with E-state index in [9.17, 15) is 0 Å². The predicted octanol–water partition coefficient (Wildman–Crippen LogP) is 2.21. The lowest BCUT2D eigenvalue weighted by Gasteiger charge is -2.15. The Morgan fingerprint density at radius 2 is 2.31 bits per heavy atom. The van der Waals surface area contributed by atoms with Gasteiger partial charge in [0.2, 0.25) is 0 Å². The van der Waals surface area contributed by atoms with Crippen molar-refractivity contribution in [3.63, 3.8) is 0 Å². The smallest absolute Gasteiger partial charge is 0.117 e. The van der Waals surface area contributed by atoms with Crippen molar-refractivity contribution in [1.82, 2.24) is 10.6 Å². The summed E-state index contributed by atoms with van der Waals surface area (Å²) < 4.78 is 5.51. The van der Waals surface area contributed by atoms with Crippen LogP contribution < -0.4 is 10.6 Å². The molecule has 2 N–H and O–H groups in total. The summed E-state index contributed by atoms with van der Waals surface area (Å²) in [6.07, 6.45) is 5.36. The van der Waals surface area contributed by atoms with E-state index in [1.54, 1.807) is 0 Å². The number of aryl methyl sites for hydroxylation is 1. The van der Waals surface area contributed by atoms with Crippen molar-refractivity contribution in [1.29, 1.82) is 0 Å². The molecule has 1 aromatic heterocycles. The topological polar surface area (TPSA) is 37.2 Å². The third-order valence-corrected chi connectivity index (χ3v) is 3.15. The maximum atomic E-state index is 5.51. The van der Waals surface area contributed by atoms with Gasteiger partial charge in [0.15, 0.2) is 0 Å². The lowest BCUT2D eigenvalue weighted by Crippen LogP contribution is -2.37. The summed E-state index contributed by atoms with van der Waals surface area (Å²) in [5, 5.41) is 7.04. The van der Waals surface area contributed by atoms with Gasteiger partial charge < -0.3 is 15.1 Å². The molecule has 1 fully saturated rings. The molecule has 1 saturated heterocycles. The first-order valence-electron chi connectivity index (χ1n) is 6.34. The fourth-order valence-corrected chi connectivity index (χ4v) is 2.22. The van der Waals surface area contributed by atoms with E-state index in [0.29, 0.717) is 6.04 Å².